The van der Waals surface area contributed by atoms with Crippen LogP contribution < -0.4 is 5.32 Å². The van der Waals surface area contributed by atoms with Crippen molar-refractivity contribution >= 4 is 39.1 Å². The van der Waals surface area contributed by atoms with Crippen LogP contribution in [0.25, 0.3) is 0 Å². The van der Waals surface area contributed by atoms with Crippen molar-refractivity contribution in [2.45, 2.75) is 24.3 Å². The van der Waals surface area contributed by atoms with Gasteiger partial charge < -0.3 is 5.32 Å². The first-order valence-corrected chi connectivity index (χ1v) is 9.95. The maximum absolute atomic E-state index is 12.7. The molecule has 2 aromatic carbocycles. The molecule has 2 aromatic rings. The summed E-state index contributed by atoms with van der Waals surface area (Å²) >= 11 is 12.0. The lowest BCUT2D eigenvalue weighted by molar-refractivity contribution is 0.0912. The van der Waals surface area contributed by atoms with E-state index in [0.29, 0.717) is 10.0 Å². The standard InChI is InChI=1S/C18H20Cl2N2O3S/c1-18(2,13-8-9-15(19)16(20)11-13)21-17(23)12-6-5-7-14(10-12)26(24,25)22(3)4/h5-11H,1-4H3,(H,21,23). The lowest BCUT2D eigenvalue weighted by Crippen LogP contribution is -2.41. The summed E-state index contributed by atoms with van der Waals surface area (Å²) < 4.78 is 25.6. The van der Waals surface area contributed by atoms with E-state index in [2.05, 4.69) is 5.32 Å². The fourth-order valence-electron chi connectivity index (χ4n) is 2.32. The minimum absolute atomic E-state index is 0.0579. The number of sulfonamides is 1. The van der Waals surface area contributed by atoms with Gasteiger partial charge in [-0.15, -0.1) is 0 Å². The fraction of sp³-hybridized carbons (Fsp3) is 0.278. The molecule has 0 fully saturated rings. The number of carbonyl (C=O) groups excluding carboxylic acids is 1. The van der Waals surface area contributed by atoms with Crippen molar-refractivity contribution in [1.29, 1.82) is 0 Å². The summed E-state index contributed by atoms with van der Waals surface area (Å²) in [5.41, 5.74) is 0.292. The van der Waals surface area contributed by atoms with Gasteiger partial charge in [-0.25, -0.2) is 12.7 Å². The molecule has 5 nitrogen and oxygen atoms in total. The summed E-state index contributed by atoms with van der Waals surface area (Å²) in [6.45, 7) is 3.65. The first-order valence-electron chi connectivity index (χ1n) is 7.76. The zero-order valence-electron chi connectivity index (χ0n) is 14.9. The van der Waals surface area contributed by atoms with Crippen LogP contribution in [0.3, 0.4) is 0 Å². The van der Waals surface area contributed by atoms with Crippen molar-refractivity contribution in [2.75, 3.05) is 14.1 Å². The molecule has 0 saturated heterocycles. The molecule has 1 amide bonds. The normalized spacial score (nSPS) is 12.3. The maximum Gasteiger partial charge on any atom is 0.251 e. The molecule has 0 aromatic heterocycles. The Morgan fingerprint density at radius 2 is 1.69 bits per heavy atom. The molecule has 0 aliphatic carbocycles. The van der Waals surface area contributed by atoms with Gasteiger partial charge in [-0.3, -0.25) is 4.79 Å². The highest BCUT2D eigenvalue weighted by atomic mass is 35.5. The predicted molar refractivity (Wildman–Crippen MR) is 104 cm³/mol. The Morgan fingerprint density at radius 3 is 2.27 bits per heavy atom. The van der Waals surface area contributed by atoms with Crippen LogP contribution in [0.5, 0.6) is 0 Å². The summed E-state index contributed by atoms with van der Waals surface area (Å²) in [4.78, 5) is 12.7. The third kappa shape index (κ3) is 4.38. The summed E-state index contributed by atoms with van der Waals surface area (Å²) in [6.07, 6.45) is 0. The van der Waals surface area contributed by atoms with Gasteiger partial charge in [0.2, 0.25) is 10.0 Å². The molecular formula is C18H20Cl2N2O3S. The van der Waals surface area contributed by atoms with Gasteiger partial charge >= 0.3 is 0 Å². The third-order valence-electron chi connectivity index (χ3n) is 3.94. The number of hydrogen-bond acceptors (Lipinski definition) is 3. The Bertz CT molecular complexity index is 941. The van der Waals surface area contributed by atoms with E-state index in [0.717, 1.165) is 9.87 Å². The molecular weight excluding hydrogens is 395 g/mol. The monoisotopic (exact) mass is 414 g/mol. The van der Waals surface area contributed by atoms with Crippen LogP contribution in [0.2, 0.25) is 10.0 Å². The number of nitrogens with zero attached hydrogens (tertiary/aromatic N) is 1. The van der Waals surface area contributed by atoms with E-state index in [1.807, 2.05) is 13.8 Å². The Hall–Kier alpha value is -1.60. The highest BCUT2D eigenvalue weighted by molar-refractivity contribution is 7.89. The second kappa shape index (κ2) is 7.56. The van der Waals surface area contributed by atoms with Crippen molar-refractivity contribution in [1.82, 2.24) is 9.62 Å². The molecule has 0 aliphatic rings. The van der Waals surface area contributed by atoms with Crippen LogP contribution in [-0.2, 0) is 15.6 Å². The van der Waals surface area contributed by atoms with Crippen LogP contribution in [0, 0.1) is 0 Å². The molecule has 0 radical (unpaired) electrons. The number of hydrogen-bond donors (Lipinski definition) is 1. The molecule has 0 saturated carbocycles. The zero-order valence-corrected chi connectivity index (χ0v) is 17.2. The smallest absolute Gasteiger partial charge is 0.251 e. The van der Waals surface area contributed by atoms with E-state index < -0.39 is 21.5 Å². The van der Waals surface area contributed by atoms with Gasteiger partial charge in [-0.05, 0) is 49.7 Å². The summed E-state index contributed by atoms with van der Waals surface area (Å²) in [7, 11) is -0.738. The van der Waals surface area contributed by atoms with Crippen molar-refractivity contribution < 1.29 is 13.2 Å². The molecule has 0 aliphatic heterocycles. The Kier molecular flexibility index (Phi) is 6.02. The largest absolute Gasteiger partial charge is 0.343 e. The molecule has 0 atom stereocenters. The van der Waals surface area contributed by atoms with Gasteiger partial charge in [0.1, 0.15) is 0 Å². The van der Waals surface area contributed by atoms with Gasteiger partial charge in [0, 0.05) is 19.7 Å². The number of carbonyl (C=O) groups is 1. The highest BCUT2D eigenvalue weighted by Gasteiger charge is 2.25. The Morgan fingerprint density at radius 1 is 1.04 bits per heavy atom. The van der Waals surface area contributed by atoms with E-state index in [-0.39, 0.29) is 10.5 Å². The lowest BCUT2D eigenvalue weighted by atomic mass is 9.94. The quantitative estimate of drug-likeness (QED) is 0.805. The summed E-state index contributed by atoms with van der Waals surface area (Å²) in [5.74, 6) is -0.392. The predicted octanol–water partition coefficient (Wildman–Crippen LogP) is 3.91. The van der Waals surface area contributed by atoms with Crippen LogP contribution in [0.15, 0.2) is 47.4 Å². The molecule has 140 valence electrons. The van der Waals surface area contributed by atoms with Gasteiger partial charge in [-0.1, -0.05) is 35.3 Å². The topological polar surface area (TPSA) is 66.5 Å². The van der Waals surface area contributed by atoms with Gasteiger partial charge in [-0.2, -0.15) is 0 Å². The van der Waals surface area contributed by atoms with Crippen LogP contribution in [0.1, 0.15) is 29.8 Å². The zero-order chi connectivity index (χ0) is 19.7. The van der Waals surface area contributed by atoms with Gasteiger partial charge in [0.05, 0.1) is 20.5 Å². The van der Waals surface area contributed by atoms with E-state index in [9.17, 15) is 13.2 Å². The first-order chi connectivity index (χ1) is 11.9. The number of amides is 1. The lowest BCUT2D eigenvalue weighted by Gasteiger charge is -2.27. The molecule has 0 heterocycles. The number of benzene rings is 2. The van der Waals surface area contributed by atoms with Gasteiger partial charge in [0.25, 0.3) is 5.91 Å². The highest BCUT2D eigenvalue weighted by Crippen LogP contribution is 2.28. The molecule has 0 unspecified atom stereocenters. The Balaban J connectivity index is 2.31. The molecule has 1 N–H and O–H groups in total. The van der Waals surface area contributed by atoms with Crippen LogP contribution in [-0.4, -0.2) is 32.7 Å². The van der Waals surface area contributed by atoms with Crippen molar-refractivity contribution in [3.8, 4) is 0 Å². The molecule has 8 heteroatoms. The van der Waals surface area contributed by atoms with Crippen LogP contribution in [0.4, 0.5) is 0 Å². The van der Waals surface area contributed by atoms with Gasteiger partial charge in [0.15, 0.2) is 0 Å². The van der Waals surface area contributed by atoms with Crippen molar-refractivity contribution in [2.24, 2.45) is 0 Å². The summed E-state index contributed by atoms with van der Waals surface area (Å²) in [5, 5.41) is 3.72. The number of halogens is 2. The molecule has 0 spiro atoms. The minimum Gasteiger partial charge on any atom is -0.343 e. The van der Waals surface area contributed by atoms with E-state index in [1.165, 1.54) is 32.3 Å². The second-order valence-electron chi connectivity index (χ2n) is 6.52. The average molecular weight is 415 g/mol. The molecule has 0 bridgehead atoms. The number of nitrogens with one attached hydrogen (secondary N) is 1. The third-order valence-corrected chi connectivity index (χ3v) is 6.49. The second-order valence-corrected chi connectivity index (χ2v) is 9.49. The fourth-order valence-corrected chi connectivity index (χ4v) is 3.57. The first kappa shape index (κ1) is 20.7. The van der Waals surface area contributed by atoms with Crippen molar-refractivity contribution in [3.63, 3.8) is 0 Å². The number of rotatable bonds is 5. The van der Waals surface area contributed by atoms with E-state index in [1.54, 1.807) is 24.3 Å². The van der Waals surface area contributed by atoms with Crippen LogP contribution >= 0.6 is 23.2 Å². The Labute approximate surface area is 164 Å². The SMILES string of the molecule is CN(C)S(=O)(=O)c1cccc(C(=O)NC(C)(C)c2ccc(Cl)c(Cl)c2)c1. The van der Waals surface area contributed by atoms with E-state index >= 15 is 0 Å². The van der Waals surface area contributed by atoms with E-state index in [4.69, 9.17) is 23.2 Å². The molecule has 26 heavy (non-hydrogen) atoms. The summed E-state index contributed by atoms with van der Waals surface area (Å²) in [6, 6.07) is 11.0. The average Bonchev–Trinajstić information content (AvgIpc) is 2.56. The minimum atomic E-state index is -3.62. The maximum atomic E-state index is 12.7. The van der Waals surface area contributed by atoms with Crippen molar-refractivity contribution in [3.05, 3.63) is 63.6 Å². The molecule has 2 rings (SSSR count).